The fourth-order valence-corrected chi connectivity index (χ4v) is 3.35. The number of nitrogens with zero attached hydrogens (tertiary/aromatic N) is 1. The Morgan fingerprint density at radius 2 is 1.96 bits per heavy atom. The highest BCUT2D eigenvalue weighted by molar-refractivity contribution is 5.90. The van der Waals surface area contributed by atoms with E-state index in [0.717, 1.165) is 29.0 Å². The summed E-state index contributed by atoms with van der Waals surface area (Å²) in [7, 11) is 3.03. The number of esters is 1. The summed E-state index contributed by atoms with van der Waals surface area (Å²) in [4.78, 5) is 25.7. The summed E-state index contributed by atoms with van der Waals surface area (Å²) in [5.41, 5.74) is 2.66. The van der Waals surface area contributed by atoms with Crippen LogP contribution in [0.1, 0.15) is 12.8 Å². The van der Waals surface area contributed by atoms with Crippen LogP contribution in [0.15, 0.2) is 48.5 Å². The van der Waals surface area contributed by atoms with Crippen molar-refractivity contribution < 1.29 is 19.1 Å². The Hall–Kier alpha value is -3.02. The molecular weight excluding hydrogens is 344 g/mol. The van der Waals surface area contributed by atoms with Crippen molar-refractivity contribution >= 4 is 17.7 Å². The normalized spacial score (nSPS) is 16.1. The van der Waals surface area contributed by atoms with Crippen LogP contribution in [0.2, 0.25) is 0 Å². The summed E-state index contributed by atoms with van der Waals surface area (Å²) < 4.78 is 10.1. The molecule has 1 N–H and O–H groups in total. The van der Waals surface area contributed by atoms with E-state index in [-0.39, 0.29) is 17.9 Å². The second-order valence-electron chi connectivity index (χ2n) is 6.59. The van der Waals surface area contributed by atoms with Crippen LogP contribution in [-0.4, -0.2) is 44.2 Å². The largest absolute Gasteiger partial charge is 0.496 e. The third-order valence-corrected chi connectivity index (χ3v) is 4.79. The molecule has 0 spiro atoms. The monoisotopic (exact) mass is 368 g/mol. The van der Waals surface area contributed by atoms with E-state index >= 15 is 0 Å². The fourth-order valence-electron chi connectivity index (χ4n) is 3.35. The first-order chi connectivity index (χ1) is 13.1. The smallest absolute Gasteiger partial charge is 0.321 e. The lowest BCUT2D eigenvalue weighted by Gasteiger charge is -2.18. The number of para-hydroxylation sites is 1. The van der Waals surface area contributed by atoms with Gasteiger partial charge in [0, 0.05) is 24.3 Å². The van der Waals surface area contributed by atoms with Gasteiger partial charge in [-0.15, -0.1) is 0 Å². The van der Waals surface area contributed by atoms with Gasteiger partial charge in [0.2, 0.25) is 0 Å². The Bertz CT molecular complexity index is 821. The second kappa shape index (κ2) is 8.58. The van der Waals surface area contributed by atoms with Crippen LogP contribution >= 0.6 is 0 Å². The number of amides is 2. The molecule has 0 saturated carbocycles. The van der Waals surface area contributed by atoms with Crippen molar-refractivity contribution in [2.75, 3.05) is 32.6 Å². The first-order valence-electron chi connectivity index (χ1n) is 8.97. The van der Waals surface area contributed by atoms with Gasteiger partial charge in [-0.2, -0.15) is 0 Å². The number of methoxy groups -OCH3 is 2. The van der Waals surface area contributed by atoms with Gasteiger partial charge in [-0.05, 0) is 36.1 Å². The predicted molar refractivity (Wildman–Crippen MR) is 104 cm³/mol. The number of carbonyl (C=O) groups excluding carboxylic acids is 2. The van der Waals surface area contributed by atoms with E-state index in [1.165, 1.54) is 7.11 Å². The molecule has 2 aromatic carbocycles. The van der Waals surface area contributed by atoms with E-state index in [1.54, 1.807) is 12.0 Å². The summed E-state index contributed by atoms with van der Waals surface area (Å²) in [5, 5.41) is 2.95. The van der Waals surface area contributed by atoms with Crippen LogP contribution in [0.3, 0.4) is 0 Å². The Morgan fingerprint density at radius 3 is 2.74 bits per heavy atom. The molecule has 0 unspecified atom stereocenters. The molecular formula is C21H24N2O4. The van der Waals surface area contributed by atoms with Crippen LogP contribution in [0.25, 0.3) is 11.1 Å². The minimum Gasteiger partial charge on any atom is -0.496 e. The highest BCUT2D eigenvalue weighted by Gasteiger charge is 2.28. The molecule has 6 nitrogen and oxygen atoms in total. The number of benzene rings is 2. The summed E-state index contributed by atoms with van der Waals surface area (Å²) in [6.07, 6.45) is 1.16. The molecule has 2 amide bonds. The lowest BCUT2D eigenvalue weighted by atomic mass is 10.0. The Kier molecular flexibility index (Phi) is 5.96. The molecule has 27 heavy (non-hydrogen) atoms. The molecule has 1 aliphatic heterocycles. The molecule has 0 aliphatic carbocycles. The third kappa shape index (κ3) is 4.58. The Balaban J connectivity index is 1.66. The maximum atomic E-state index is 12.6. The minimum atomic E-state index is -0.230. The van der Waals surface area contributed by atoms with Gasteiger partial charge in [-0.25, -0.2) is 4.79 Å². The van der Waals surface area contributed by atoms with Crippen molar-refractivity contribution in [3.8, 4) is 16.9 Å². The van der Waals surface area contributed by atoms with Crippen molar-refractivity contribution in [3.05, 3.63) is 48.5 Å². The Labute approximate surface area is 159 Å². The van der Waals surface area contributed by atoms with Gasteiger partial charge >= 0.3 is 12.0 Å². The van der Waals surface area contributed by atoms with E-state index in [4.69, 9.17) is 9.47 Å². The number of ether oxygens (including phenoxy) is 2. The van der Waals surface area contributed by atoms with Crippen LogP contribution < -0.4 is 10.1 Å². The lowest BCUT2D eigenvalue weighted by Crippen LogP contribution is -2.33. The number of urea groups is 1. The number of anilines is 1. The van der Waals surface area contributed by atoms with Crippen LogP contribution in [0.4, 0.5) is 10.5 Å². The topological polar surface area (TPSA) is 67.9 Å². The van der Waals surface area contributed by atoms with Crippen LogP contribution in [0, 0.1) is 5.92 Å². The first kappa shape index (κ1) is 18.8. The van der Waals surface area contributed by atoms with Gasteiger partial charge in [-0.3, -0.25) is 4.79 Å². The number of carbonyl (C=O) groups is 2. The first-order valence-corrected chi connectivity index (χ1v) is 8.97. The summed E-state index contributed by atoms with van der Waals surface area (Å²) >= 11 is 0. The van der Waals surface area contributed by atoms with Crippen molar-refractivity contribution in [2.24, 2.45) is 5.92 Å². The molecule has 0 aromatic heterocycles. The molecule has 0 bridgehead atoms. The van der Waals surface area contributed by atoms with E-state index < -0.39 is 0 Å². The number of hydrogen-bond acceptors (Lipinski definition) is 4. The van der Waals surface area contributed by atoms with Crippen molar-refractivity contribution in [1.29, 1.82) is 0 Å². The highest BCUT2D eigenvalue weighted by atomic mass is 16.5. The number of likely N-dealkylation sites (tertiary alicyclic amines) is 1. The van der Waals surface area contributed by atoms with Gasteiger partial charge in [0.15, 0.2) is 0 Å². The minimum absolute atomic E-state index is 0.153. The van der Waals surface area contributed by atoms with E-state index in [0.29, 0.717) is 19.5 Å². The molecule has 2 aromatic rings. The number of hydrogen-bond donors (Lipinski definition) is 1. The van der Waals surface area contributed by atoms with Gasteiger partial charge in [0.05, 0.1) is 20.6 Å². The SMILES string of the molecule is COC(=O)C[C@@H]1CCN(C(=O)Nc2cccc(-c3ccccc3OC)c2)C1. The second-order valence-corrected chi connectivity index (χ2v) is 6.59. The average Bonchev–Trinajstić information content (AvgIpc) is 3.16. The third-order valence-electron chi connectivity index (χ3n) is 4.79. The van der Waals surface area contributed by atoms with Gasteiger partial charge in [0.1, 0.15) is 5.75 Å². The lowest BCUT2D eigenvalue weighted by molar-refractivity contribution is -0.141. The summed E-state index contributed by atoms with van der Waals surface area (Å²) in [6.45, 7) is 1.20. The van der Waals surface area contributed by atoms with Gasteiger partial charge in [-0.1, -0.05) is 30.3 Å². The zero-order chi connectivity index (χ0) is 19.2. The maximum absolute atomic E-state index is 12.6. The predicted octanol–water partition coefficient (Wildman–Crippen LogP) is 3.78. The van der Waals surface area contributed by atoms with Crippen LogP contribution in [0.5, 0.6) is 5.75 Å². The molecule has 1 saturated heterocycles. The standard InChI is InChI=1S/C21H24N2O4/c1-26-19-9-4-3-8-18(19)16-6-5-7-17(13-16)22-21(25)23-11-10-15(14-23)12-20(24)27-2/h3-9,13,15H,10-12,14H2,1-2H3,(H,22,25)/t15-/m0/s1. The highest BCUT2D eigenvalue weighted by Crippen LogP contribution is 2.31. The van der Waals surface area contributed by atoms with E-state index in [9.17, 15) is 9.59 Å². The quantitative estimate of drug-likeness (QED) is 0.816. The molecule has 3 rings (SSSR count). The van der Waals surface area contributed by atoms with Crippen molar-refractivity contribution in [2.45, 2.75) is 12.8 Å². The molecule has 6 heteroatoms. The number of nitrogens with one attached hydrogen (secondary N) is 1. The maximum Gasteiger partial charge on any atom is 0.321 e. The molecule has 0 radical (unpaired) electrons. The van der Waals surface area contributed by atoms with Crippen molar-refractivity contribution in [3.63, 3.8) is 0 Å². The van der Waals surface area contributed by atoms with Gasteiger partial charge < -0.3 is 19.7 Å². The molecule has 1 aliphatic rings. The van der Waals surface area contributed by atoms with Crippen LogP contribution in [-0.2, 0) is 9.53 Å². The molecule has 1 atom stereocenters. The molecule has 1 fully saturated rings. The van der Waals surface area contributed by atoms with Gasteiger partial charge in [0.25, 0.3) is 0 Å². The fraction of sp³-hybridized carbons (Fsp3) is 0.333. The average molecular weight is 368 g/mol. The Morgan fingerprint density at radius 1 is 1.15 bits per heavy atom. The molecule has 142 valence electrons. The molecule has 1 heterocycles. The summed E-state index contributed by atoms with van der Waals surface area (Å²) in [5.74, 6) is 0.709. The van der Waals surface area contributed by atoms with E-state index in [1.807, 2.05) is 48.5 Å². The zero-order valence-electron chi connectivity index (χ0n) is 15.6. The zero-order valence-corrected chi connectivity index (χ0v) is 15.6. The van der Waals surface area contributed by atoms with Crippen molar-refractivity contribution in [1.82, 2.24) is 4.90 Å². The summed E-state index contributed by atoms with van der Waals surface area (Å²) in [6, 6.07) is 15.3. The van der Waals surface area contributed by atoms with E-state index in [2.05, 4.69) is 5.32 Å². The number of rotatable bonds is 5.